The summed E-state index contributed by atoms with van der Waals surface area (Å²) in [5.41, 5.74) is 1.71. The highest BCUT2D eigenvalue weighted by Gasteiger charge is 2.21. The van der Waals surface area contributed by atoms with Crippen LogP contribution in [0.2, 0.25) is 0 Å². The van der Waals surface area contributed by atoms with Crippen molar-refractivity contribution in [1.29, 1.82) is 0 Å². The van der Waals surface area contributed by atoms with E-state index < -0.39 is 0 Å². The van der Waals surface area contributed by atoms with E-state index in [0.29, 0.717) is 17.4 Å². The Labute approximate surface area is 112 Å². The Morgan fingerprint density at radius 2 is 2.06 bits per heavy atom. The van der Waals surface area contributed by atoms with Crippen molar-refractivity contribution < 1.29 is 0 Å². The van der Waals surface area contributed by atoms with Crippen molar-refractivity contribution in [3.05, 3.63) is 18.0 Å². The van der Waals surface area contributed by atoms with Gasteiger partial charge in [-0.3, -0.25) is 4.68 Å². The van der Waals surface area contributed by atoms with Gasteiger partial charge in [0.05, 0.1) is 5.69 Å². The maximum absolute atomic E-state index is 4.36. The minimum absolute atomic E-state index is 0.405. The Bertz CT molecular complexity index is 349. The van der Waals surface area contributed by atoms with Crippen molar-refractivity contribution in [2.75, 3.05) is 7.05 Å². The van der Waals surface area contributed by atoms with Crippen molar-refractivity contribution in [2.24, 2.45) is 11.3 Å². The lowest BCUT2D eigenvalue weighted by Crippen LogP contribution is -2.24. The summed E-state index contributed by atoms with van der Waals surface area (Å²) in [5, 5.41) is 7.80. The Morgan fingerprint density at radius 3 is 2.56 bits per heavy atom. The van der Waals surface area contributed by atoms with E-state index >= 15 is 0 Å². The van der Waals surface area contributed by atoms with Gasteiger partial charge in [0.2, 0.25) is 0 Å². The lowest BCUT2D eigenvalue weighted by atomic mass is 9.82. The average Bonchev–Trinajstić information content (AvgIpc) is 2.71. The highest BCUT2D eigenvalue weighted by atomic mass is 15.3. The normalized spacial score (nSPS) is 15.7. The van der Waals surface area contributed by atoms with Crippen LogP contribution in [0.1, 0.15) is 59.2 Å². The zero-order valence-corrected chi connectivity index (χ0v) is 12.8. The summed E-state index contributed by atoms with van der Waals surface area (Å²) >= 11 is 0. The minimum atomic E-state index is 0.405. The van der Waals surface area contributed by atoms with Gasteiger partial charge in [-0.05, 0) is 44.2 Å². The maximum Gasteiger partial charge on any atom is 0.0553 e. The van der Waals surface area contributed by atoms with E-state index in [1.807, 2.05) is 13.2 Å². The molecular formula is C15H29N3. The van der Waals surface area contributed by atoms with Gasteiger partial charge >= 0.3 is 0 Å². The molecule has 0 amide bonds. The predicted molar refractivity (Wildman–Crippen MR) is 77.6 cm³/mol. The number of hydrogen-bond acceptors (Lipinski definition) is 2. The zero-order chi connectivity index (χ0) is 13.8. The monoisotopic (exact) mass is 251 g/mol. The van der Waals surface area contributed by atoms with Gasteiger partial charge < -0.3 is 5.32 Å². The smallest absolute Gasteiger partial charge is 0.0553 e. The molecule has 18 heavy (non-hydrogen) atoms. The van der Waals surface area contributed by atoms with Crippen molar-refractivity contribution in [3.63, 3.8) is 0 Å². The molecule has 1 heterocycles. The Hall–Kier alpha value is -0.830. The summed E-state index contributed by atoms with van der Waals surface area (Å²) < 4.78 is 2.09. The van der Waals surface area contributed by atoms with Crippen LogP contribution in [0.4, 0.5) is 0 Å². The van der Waals surface area contributed by atoms with Crippen molar-refractivity contribution in [2.45, 2.75) is 60.0 Å². The fourth-order valence-corrected chi connectivity index (χ4v) is 2.82. The van der Waals surface area contributed by atoms with Crippen LogP contribution in [0.25, 0.3) is 0 Å². The molecule has 0 bridgehead atoms. The molecule has 0 aromatic carbocycles. The van der Waals surface area contributed by atoms with Gasteiger partial charge in [0.15, 0.2) is 0 Å². The topological polar surface area (TPSA) is 29.9 Å². The number of rotatable bonds is 6. The number of hydrogen-bond donors (Lipinski definition) is 1. The van der Waals surface area contributed by atoms with Crippen LogP contribution in [-0.4, -0.2) is 16.8 Å². The van der Waals surface area contributed by atoms with Gasteiger partial charge in [-0.2, -0.15) is 5.10 Å². The van der Waals surface area contributed by atoms with Gasteiger partial charge in [-0.1, -0.05) is 27.7 Å². The van der Waals surface area contributed by atoms with E-state index in [1.165, 1.54) is 18.5 Å². The zero-order valence-electron chi connectivity index (χ0n) is 12.8. The first-order valence-corrected chi connectivity index (χ1v) is 7.06. The summed E-state index contributed by atoms with van der Waals surface area (Å²) in [6.07, 6.45) is 4.32. The van der Waals surface area contributed by atoms with Crippen molar-refractivity contribution in [1.82, 2.24) is 15.1 Å². The molecule has 104 valence electrons. The molecule has 1 aromatic rings. The minimum Gasteiger partial charge on any atom is -0.312 e. The van der Waals surface area contributed by atoms with E-state index in [0.717, 1.165) is 6.54 Å². The Balaban J connectivity index is 2.68. The Morgan fingerprint density at radius 1 is 1.39 bits per heavy atom. The first-order chi connectivity index (χ1) is 8.37. The molecule has 1 aromatic heterocycles. The second kappa shape index (κ2) is 6.37. The molecule has 0 aliphatic heterocycles. The third-order valence-corrected chi connectivity index (χ3v) is 3.35. The first kappa shape index (κ1) is 15.2. The molecule has 1 N–H and O–H groups in total. The summed E-state index contributed by atoms with van der Waals surface area (Å²) in [6.45, 7) is 12.4. The fourth-order valence-electron chi connectivity index (χ4n) is 2.82. The van der Waals surface area contributed by atoms with E-state index in [-0.39, 0.29) is 0 Å². The maximum atomic E-state index is 4.36. The van der Waals surface area contributed by atoms with E-state index in [4.69, 9.17) is 0 Å². The summed E-state index contributed by atoms with van der Waals surface area (Å²) in [5.74, 6) is 0.711. The molecule has 2 atom stereocenters. The van der Waals surface area contributed by atoms with E-state index in [1.54, 1.807) is 0 Å². The second-order valence-corrected chi connectivity index (χ2v) is 6.52. The highest BCUT2D eigenvalue weighted by molar-refractivity contribution is 5.07. The van der Waals surface area contributed by atoms with E-state index in [2.05, 4.69) is 55.8 Å². The van der Waals surface area contributed by atoms with E-state index in [9.17, 15) is 0 Å². The summed E-state index contributed by atoms with van der Waals surface area (Å²) in [4.78, 5) is 0. The quantitative estimate of drug-likeness (QED) is 0.836. The fraction of sp³-hybridized carbons (Fsp3) is 0.800. The van der Waals surface area contributed by atoms with Crippen LogP contribution >= 0.6 is 0 Å². The third kappa shape index (κ3) is 4.45. The number of nitrogens with one attached hydrogen (secondary N) is 1. The van der Waals surface area contributed by atoms with Gasteiger partial charge in [0.25, 0.3) is 0 Å². The predicted octanol–water partition coefficient (Wildman–Crippen LogP) is 3.63. The molecular weight excluding hydrogens is 222 g/mol. The van der Waals surface area contributed by atoms with Crippen molar-refractivity contribution in [3.8, 4) is 0 Å². The molecule has 0 fully saturated rings. The van der Waals surface area contributed by atoms with Gasteiger partial charge in [-0.15, -0.1) is 0 Å². The third-order valence-electron chi connectivity index (χ3n) is 3.35. The number of nitrogens with zero attached hydrogens (tertiary/aromatic N) is 2. The standard InChI is InChI=1S/C15H29N3/c1-7-18-14(8-9-17-18)13(16-6)10-12(2)11-15(3,4)5/h8-9,12-13,16H,7,10-11H2,1-6H3. The first-order valence-electron chi connectivity index (χ1n) is 7.06. The van der Waals surface area contributed by atoms with Crippen molar-refractivity contribution >= 4 is 0 Å². The van der Waals surface area contributed by atoms with Gasteiger partial charge in [0.1, 0.15) is 0 Å². The molecule has 3 heteroatoms. The molecule has 0 spiro atoms. The number of aryl methyl sites for hydroxylation is 1. The molecule has 0 saturated carbocycles. The van der Waals surface area contributed by atoms with Crippen LogP contribution in [0.3, 0.4) is 0 Å². The largest absolute Gasteiger partial charge is 0.312 e. The van der Waals surface area contributed by atoms with Crippen LogP contribution in [0.5, 0.6) is 0 Å². The molecule has 0 aliphatic rings. The van der Waals surface area contributed by atoms with Crippen LogP contribution in [-0.2, 0) is 6.54 Å². The molecule has 0 saturated heterocycles. The summed E-state index contributed by atoms with van der Waals surface area (Å²) in [7, 11) is 2.04. The molecule has 0 aliphatic carbocycles. The molecule has 1 rings (SSSR count). The lowest BCUT2D eigenvalue weighted by Gasteiger charge is -2.27. The molecule has 3 nitrogen and oxygen atoms in total. The SMILES string of the molecule is CCn1nccc1C(CC(C)CC(C)(C)C)NC. The van der Waals surface area contributed by atoms with Gasteiger partial charge in [-0.25, -0.2) is 0 Å². The summed E-state index contributed by atoms with van der Waals surface area (Å²) in [6, 6.07) is 2.54. The average molecular weight is 251 g/mol. The second-order valence-electron chi connectivity index (χ2n) is 6.52. The molecule has 2 unspecified atom stereocenters. The molecule has 0 radical (unpaired) electrons. The van der Waals surface area contributed by atoms with Crippen LogP contribution in [0, 0.1) is 11.3 Å². The Kier molecular flexibility index (Phi) is 5.39. The van der Waals surface area contributed by atoms with Crippen LogP contribution < -0.4 is 5.32 Å². The van der Waals surface area contributed by atoms with Gasteiger partial charge in [0, 0.05) is 18.8 Å². The number of aromatic nitrogens is 2. The lowest BCUT2D eigenvalue weighted by molar-refractivity contribution is 0.275. The van der Waals surface area contributed by atoms with Crippen LogP contribution in [0.15, 0.2) is 12.3 Å². The highest BCUT2D eigenvalue weighted by Crippen LogP contribution is 2.30.